The van der Waals surface area contributed by atoms with E-state index >= 15 is 0 Å². The molecule has 2 rings (SSSR count). The molecule has 21 heavy (non-hydrogen) atoms. The number of hydrogen-bond donors (Lipinski definition) is 2. The normalized spacial score (nSPS) is 25.0. The summed E-state index contributed by atoms with van der Waals surface area (Å²) in [4.78, 5) is 24.2. The molecule has 0 spiro atoms. The topological polar surface area (TPSA) is 89.6 Å². The van der Waals surface area contributed by atoms with Crippen molar-refractivity contribution >= 4 is 11.9 Å². The molecule has 114 valence electrons. The number of aryl methyl sites for hydroxylation is 1. The minimum Gasteiger partial charge on any atom is -0.480 e. The van der Waals surface area contributed by atoms with Crippen LogP contribution in [0.3, 0.4) is 0 Å². The Morgan fingerprint density at radius 1 is 1.33 bits per heavy atom. The van der Waals surface area contributed by atoms with Gasteiger partial charge in [-0.05, 0) is 44.7 Å². The molecule has 1 aliphatic carbocycles. The summed E-state index contributed by atoms with van der Waals surface area (Å²) in [7, 11) is 0. The molecule has 5 nitrogen and oxygen atoms in total. The highest BCUT2D eigenvalue weighted by atomic mass is 16.6. The zero-order chi connectivity index (χ0) is 15.8. The molecular weight excluding hydrogens is 270 g/mol. The lowest BCUT2D eigenvalue weighted by molar-refractivity contribution is -0.164. The van der Waals surface area contributed by atoms with E-state index < -0.39 is 29.0 Å². The van der Waals surface area contributed by atoms with E-state index in [2.05, 4.69) is 0 Å². The summed E-state index contributed by atoms with van der Waals surface area (Å²) in [5.41, 5.74) is 5.37. The third-order valence-corrected chi connectivity index (χ3v) is 3.73. The van der Waals surface area contributed by atoms with Gasteiger partial charge >= 0.3 is 11.9 Å². The average Bonchev–Trinajstić information content (AvgIpc) is 2.36. The number of hydrogen-bond acceptors (Lipinski definition) is 4. The van der Waals surface area contributed by atoms with Crippen molar-refractivity contribution in [1.29, 1.82) is 0 Å². The number of nitrogens with two attached hydrogens (primary N) is 1. The summed E-state index contributed by atoms with van der Waals surface area (Å²) in [5, 5.41) is 9.51. The van der Waals surface area contributed by atoms with Crippen LogP contribution in [0.5, 0.6) is 0 Å². The van der Waals surface area contributed by atoms with Crippen LogP contribution in [0.2, 0.25) is 0 Å². The quantitative estimate of drug-likeness (QED) is 0.811. The van der Waals surface area contributed by atoms with Gasteiger partial charge in [-0.2, -0.15) is 0 Å². The molecule has 0 aliphatic heterocycles. The van der Waals surface area contributed by atoms with Gasteiger partial charge in [0.15, 0.2) is 0 Å². The van der Waals surface area contributed by atoms with E-state index in [1.807, 2.05) is 12.1 Å². The first-order chi connectivity index (χ1) is 9.65. The van der Waals surface area contributed by atoms with Crippen molar-refractivity contribution < 1.29 is 19.4 Å². The molecule has 0 saturated carbocycles. The Morgan fingerprint density at radius 3 is 2.52 bits per heavy atom. The molecule has 5 heteroatoms. The Hall–Kier alpha value is -1.88. The first-order valence-electron chi connectivity index (χ1n) is 6.98. The summed E-state index contributed by atoms with van der Waals surface area (Å²) >= 11 is 0. The number of carboxylic acid groups (broad SMARTS) is 1. The first kappa shape index (κ1) is 15.5. The standard InChI is InChI=1S/C16H21NO4/c1-15(2,3)21-13(18)12-11-7-5-4-6-10(11)8-9-16(12,17)14(19)20/h4-7,12H,8-9,17H2,1-3H3,(H,19,20). The van der Waals surface area contributed by atoms with Crippen molar-refractivity contribution in [3.05, 3.63) is 35.4 Å². The maximum atomic E-state index is 12.5. The molecule has 0 saturated heterocycles. The molecule has 0 heterocycles. The number of rotatable bonds is 2. The van der Waals surface area contributed by atoms with E-state index in [1.54, 1.807) is 32.9 Å². The molecule has 1 aromatic rings. The molecule has 0 amide bonds. The summed E-state index contributed by atoms with van der Waals surface area (Å²) in [6.45, 7) is 5.25. The molecule has 1 aromatic carbocycles. The number of esters is 1. The fourth-order valence-corrected chi connectivity index (χ4v) is 2.74. The monoisotopic (exact) mass is 291 g/mol. The predicted molar refractivity (Wildman–Crippen MR) is 77.9 cm³/mol. The Bertz CT molecular complexity index is 576. The van der Waals surface area contributed by atoms with Crippen molar-refractivity contribution in [3.63, 3.8) is 0 Å². The SMILES string of the molecule is CC(C)(C)OC(=O)C1c2ccccc2CCC1(N)C(=O)O. The van der Waals surface area contributed by atoms with Gasteiger partial charge in [0.05, 0.1) is 0 Å². The Kier molecular flexibility index (Phi) is 3.80. The van der Waals surface area contributed by atoms with Gasteiger partial charge in [-0.25, -0.2) is 0 Å². The van der Waals surface area contributed by atoms with Crippen LogP contribution < -0.4 is 5.73 Å². The molecule has 2 atom stereocenters. The molecule has 1 aliphatic rings. The minimum absolute atomic E-state index is 0.212. The average molecular weight is 291 g/mol. The lowest BCUT2D eigenvalue weighted by Crippen LogP contribution is -2.58. The maximum Gasteiger partial charge on any atom is 0.324 e. The minimum atomic E-state index is -1.63. The molecular formula is C16H21NO4. The summed E-state index contributed by atoms with van der Waals surface area (Å²) in [6, 6.07) is 7.31. The van der Waals surface area contributed by atoms with Crippen molar-refractivity contribution in [3.8, 4) is 0 Å². The first-order valence-corrected chi connectivity index (χ1v) is 6.98. The van der Waals surface area contributed by atoms with Crippen molar-refractivity contribution in [2.75, 3.05) is 0 Å². The summed E-state index contributed by atoms with van der Waals surface area (Å²) in [6.07, 6.45) is 0.752. The van der Waals surface area contributed by atoms with Gasteiger partial charge < -0.3 is 15.6 Å². The van der Waals surface area contributed by atoms with Gasteiger partial charge in [-0.15, -0.1) is 0 Å². The third-order valence-electron chi connectivity index (χ3n) is 3.73. The van der Waals surface area contributed by atoms with Crippen LogP contribution in [-0.4, -0.2) is 28.2 Å². The zero-order valence-electron chi connectivity index (χ0n) is 12.6. The van der Waals surface area contributed by atoms with E-state index in [4.69, 9.17) is 10.5 Å². The summed E-state index contributed by atoms with van der Waals surface area (Å²) in [5.74, 6) is -2.74. The second-order valence-corrected chi connectivity index (χ2v) is 6.51. The number of aliphatic carboxylic acids is 1. The van der Waals surface area contributed by atoms with Crippen LogP contribution in [-0.2, 0) is 20.7 Å². The number of fused-ring (bicyclic) bond motifs is 1. The van der Waals surface area contributed by atoms with Gasteiger partial charge in [0.2, 0.25) is 0 Å². The van der Waals surface area contributed by atoms with E-state index in [-0.39, 0.29) is 6.42 Å². The van der Waals surface area contributed by atoms with Gasteiger partial charge in [-0.1, -0.05) is 24.3 Å². The van der Waals surface area contributed by atoms with Crippen LogP contribution in [0, 0.1) is 0 Å². The number of ether oxygens (including phenoxy) is 1. The number of carbonyl (C=O) groups is 2. The Labute approximate surface area is 124 Å². The molecule has 3 N–H and O–H groups in total. The van der Waals surface area contributed by atoms with Crippen LogP contribution in [0.4, 0.5) is 0 Å². The van der Waals surface area contributed by atoms with E-state index in [0.717, 1.165) is 5.56 Å². The molecule has 0 fully saturated rings. The van der Waals surface area contributed by atoms with Gasteiger partial charge in [0.25, 0.3) is 0 Å². The smallest absolute Gasteiger partial charge is 0.324 e. The lowest BCUT2D eigenvalue weighted by atomic mass is 9.70. The number of carboxylic acids is 1. The van der Waals surface area contributed by atoms with Gasteiger partial charge in [-0.3, -0.25) is 9.59 Å². The van der Waals surface area contributed by atoms with Crippen LogP contribution in [0.15, 0.2) is 24.3 Å². The fourth-order valence-electron chi connectivity index (χ4n) is 2.74. The largest absolute Gasteiger partial charge is 0.480 e. The second kappa shape index (κ2) is 5.15. The van der Waals surface area contributed by atoms with Crippen molar-refractivity contribution in [2.45, 2.75) is 50.7 Å². The van der Waals surface area contributed by atoms with Crippen LogP contribution >= 0.6 is 0 Å². The lowest BCUT2D eigenvalue weighted by Gasteiger charge is -2.38. The Morgan fingerprint density at radius 2 is 1.95 bits per heavy atom. The molecule has 0 bridgehead atoms. The van der Waals surface area contributed by atoms with Crippen LogP contribution in [0.1, 0.15) is 44.2 Å². The second-order valence-electron chi connectivity index (χ2n) is 6.51. The maximum absolute atomic E-state index is 12.5. The molecule has 0 radical (unpaired) electrons. The Balaban J connectivity index is 2.49. The zero-order valence-corrected chi connectivity index (χ0v) is 12.6. The number of carbonyl (C=O) groups excluding carboxylic acids is 1. The molecule has 0 aromatic heterocycles. The van der Waals surface area contributed by atoms with E-state index in [9.17, 15) is 14.7 Å². The summed E-state index contributed by atoms with van der Waals surface area (Å²) < 4.78 is 5.40. The molecule has 2 unspecified atom stereocenters. The number of benzene rings is 1. The predicted octanol–water partition coefficient (Wildman–Crippen LogP) is 1.84. The fraction of sp³-hybridized carbons (Fsp3) is 0.500. The highest BCUT2D eigenvalue weighted by molar-refractivity contribution is 5.92. The third kappa shape index (κ3) is 2.93. The van der Waals surface area contributed by atoms with Crippen molar-refractivity contribution in [1.82, 2.24) is 0 Å². The highest BCUT2D eigenvalue weighted by Gasteiger charge is 2.51. The van der Waals surface area contributed by atoms with E-state index in [1.165, 1.54) is 0 Å². The van der Waals surface area contributed by atoms with Crippen molar-refractivity contribution in [2.24, 2.45) is 5.73 Å². The van der Waals surface area contributed by atoms with Gasteiger partial charge in [0.1, 0.15) is 17.1 Å². The van der Waals surface area contributed by atoms with Gasteiger partial charge in [0, 0.05) is 0 Å². The highest BCUT2D eigenvalue weighted by Crippen LogP contribution is 2.39. The van der Waals surface area contributed by atoms with E-state index in [0.29, 0.717) is 12.0 Å². The van der Waals surface area contributed by atoms with Crippen LogP contribution in [0.25, 0.3) is 0 Å².